The second kappa shape index (κ2) is 6.59. The molecule has 0 saturated carbocycles. The Morgan fingerprint density at radius 2 is 2.08 bits per heavy atom. The summed E-state index contributed by atoms with van der Waals surface area (Å²) in [4.78, 5) is 22.9. The molecule has 3 aromatic heterocycles. The van der Waals surface area contributed by atoms with Crippen LogP contribution < -0.4 is 0 Å². The number of aromatic amines is 1. The molecule has 1 amide bonds. The summed E-state index contributed by atoms with van der Waals surface area (Å²) in [7, 11) is 0. The molecule has 0 bridgehead atoms. The van der Waals surface area contributed by atoms with Gasteiger partial charge < -0.3 is 9.88 Å². The van der Waals surface area contributed by atoms with Crippen LogP contribution in [0.1, 0.15) is 53.1 Å². The molecule has 1 N–H and O–H groups in total. The van der Waals surface area contributed by atoms with Crippen LogP contribution in [0.15, 0.2) is 24.4 Å². The molecule has 1 aliphatic rings. The van der Waals surface area contributed by atoms with Crippen molar-refractivity contribution >= 4 is 16.9 Å². The van der Waals surface area contributed by atoms with Crippen LogP contribution in [0.2, 0.25) is 0 Å². The lowest BCUT2D eigenvalue weighted by Gasteiger charge is -2.31. The third-order valence-electron chi connectivity index (χ3n) is 5.53. The first kappa shape index (κ1) is 16.8. The second-order valence-corrected chi connectivity index (χ2v) is 7.09. The van der Waals surface area contributed by atoms with E-state index in [4.69, 9.17) is 0 Å². The van der Waals surface area contributed by atoms with E-state index in [0.29, 0.717) is 5.92 Å². The van der Waals surface area contributed by atoms with E-state index in [1.165, 1.54) is 5.69 Å². The summed E-state index contributed by atoms with van der Waals surface area (Å²) in [5.74, 6) is 0.574. The zero-order chi connectivity index (χ0) is 18.3. The van der Waals surface area contributed by atoms with E-state index >= 15 is 0 Å². The van der Waals surface area contributed by atoms with Crippen molar-refractivity contribution in [3.05, 3.63) is 47.0 Å². The third kappa shape index (κ3) is 2.79. The van der Waals surface area contributed by atoms with E-state index in [-0.39, 0.29) is 5.91 Å². The van der Waals surface area contributed by atoms with Crippen LogP contribution in [0.25, 0.3) is 11.0 Å². The zero-order valence-electron chi connectivity index (χ0n) is 15.6. The van der Waals surface area contributed by atoms with E-state index in [9.17, 15) is 4.79 Å². The number of carbonyl (C=O) groups is 1. The molecule has 6 nitrogen and oxygen atoms in total. The highest BCUT2D eigenvalue weighted by atomic mass is 16.2. The molecule has 0 radical (unpaired) electrons. The van der Waals surface area contributed by atoms with Crippen molar-refractivity contribution in [2.24, 2.45) is 0 Å². The summed E-state index contributed by atoms with van der Waals surface area (Å²) in [6, 6.07) is 6.16. The Kier molecular flexibility index (Phi) is 4.26. The number of H-pyrrole nitrogens is 1. The minimum absolute atomic E-state index is 0.122. The van der Waals surface area contributed by atoms with Crippen LogP contribution in [0, 0.1) is 13.8 Å². The monoisotopic (exact) mass is 351 g/mol. The lowest BCUT2D eigenvalue weighted by Crippen LogP contribution is -2.38. The third-order valence-corrected chi connectivity index (χ3v) is 5.53. The number of piperidine rings is 1. The number of nitrogens with zero attached hydrogens (tertiary/aromatic N) is 4. The largest absolute Gasteiger partial charge is 0.357 e. The highest BCUT2D eigenvalue weighted by molar-refractivity contribution is 5.96. The number of rotatable bonds is 3. The van der Waals surface area contributed by atoms with Gasteiger partial charge in [-0.2, -0.15) is 5.10 Å². The van der Waals surface area contributed by atoms with Crippen LogP contribution in [0.4, 0.5) is 0 Å². The fourth-order valence-electron chi connectivity index (χ4n) is 4.06. The van der Waals surface area contributed by atoms with Gasteiger partial charge in [0.1, 0.15) is 0 Å². The van der Waals surface area contributed by atoms with Gasteiger partial charge in [0.05, 0.1) is 22.3 Å². The average Bonchev–Trinajstić information content (AvgIpc) is 3.22. The van der Waals surface area contributed by atoms with Crippen molar-refractivity contribution in [1.82, 2.24) is 24.6 Å². The highest BCUT2D eigenvalue weighted by Crippen LogP contribution is 2.30. The van der Waals surface area contributed by atoms with Gasteiger partial charge in [-0.25, -0.2) is 0 Å². The first-order chi connectivity index (χ1) is 12.6. The Labute approximate surface area is 153 Å². The normalized spacial score (nSPS) is 15.7. The molecule has 1 fully saturated rings. The van der Waals surface area contributed by atoms with Crippen LogP contribution in [0.5, 0.6) is 0 Å². The smallest absolute Gasteiger partial charge is 0.257 e. The van der Waals surface area contributed by atoms with Gasteiger partial charge in [-0.3, -0.25) is 14.5 Å². The minimum atomic E-state index is 0.122. The second-order valence-electron chi connectivity index (χ2n) is 7.09. The number of likely N-dealkylation sites (tertiary alicyclic amines) is 1. The molecule has 0 aliphatic carbocycles. The minimum Gasteiger partial charge on any atom is -0.357 e. The van der Waals surface area contributed by atoms with Crippen molar-refractivity contribution in [3.8, 4) is 0 Å². The van der Waals surface area contributed by atoms with Crippen molar-refractivity contribution in [3.63, 3.8) is 0 Å². The molecule has 1 saturated heterocycles. The Balaban J connectivity index is 1.48. The zero-order valence-corrected chi connectivity index (χ0v) is 15.6. The molecular weight excluding hydrogens is 326 g/mol. The molecule has 136 valence electrons. The molecule has 6 heteroatoms. The maximum Gasteiger partial charge on any atom is 0.257 e. The fourth-order valence-corrected chi connectivity index (χ4v) is 4.06. The highest BCUT2D eigenvalue weighted by Gasteiger charge is 2.28. The first-order valence-corrected chi connectivity index (χ1v) is 9.35. The van der Waals surface area contributed by atoms with Gasteiger partial charge in [-0.05, 0) is 51.8 Å². The van der Waals surface area contributed by atoms with Crippen molar-refractivity contribution in [2.45, 2.75) is 46.1 Å². The molecule has 0 unspecified atom stereocenters. The van der Waals surface area contributed by atoms with Gasteiger partial charge in [-0.15, -0.1) is 0 Å². The summed E-state index contributed by atoms with van der Waals surface area (Å²) < 4.78 is 1.91. The number of fused-ring (bicyclic) bond motifs is 1. The Morgan fingerprint density at radius 3 is 2.73 bits per heavy atom. The number of amides is 1. The predicted octanol–water partition coefficient (Wildman–Crippen LogP) is 3.42. The molecular formula is C20H25N5O. The van der Waals surface area contributed by atoms with Crippen molar-refractivity contribution < 1.29 is 4.79 Å². The SMILES string of the molecule is CCn1nc(C)c(C(=O)N2CCC(c3cc4ncccc4[nH]3)CC2)c1C. The predicted molar refractivity (Wildman–Crippen MR) is 101 cm³/mol. The van der Waals surface area contributed by atoms with Crippen LogP contribution in [-0.2, 0) is 6.54 Å². The molecule has 26 heavy (non-hydrogen) atoms. The van der Waals surface area contributed by atoms with E-state index in [1.807, 2.05) is 42.6 Å². The van der Waals surface area contributed by atoms with E-state index < -0.39 is 0 Å². The average molecular weight is 351 g/mol. The summed E-state index contributed by atoms with van der Waals surface area (Å²) in [5, 5.41) is 4.49. The summed E-state index contributed by atoms with van der Waals surface area (Å²) >= 11 is 0. The van der Waals surface area contributed by atoms with E-state index in [0.717, 1.165) is 60.5 Å². The molecule has 4 rings (SSSR count). The van der Waals surface area contributed by atoms with Crippen molar-refractivity contribution in [1.29, 1.82) is 0 Å². The van der Waals surface area contributed by atoms with Crippen LogP contribution in [0.3, 0.4) is 0 Å². The van der Waals surface area contributed by atoms with E-state index in [2.05, 4.69) is 27.2 Å². The van der Waals surface area contributed by atoms with Crippen LogP contribution in [-0.4, -0.2) is 43.6 Å². The summed E-state index contributed by atoms with van der Waals surface area (Å²) in [6.07, 6.45) is 3.76. The van der Waals surface area contributed by atoms with Gasteiger partial charge in [-0.1, -0.05) is 0 Å². The molecule has 1 aliphatic heterocycles. The number of aryl methyl sites for hydroxylation is 2. The molecule has 0 aromatic carbocycles. The summed E-state index contributed by atoms with van der Waals surface area (Å²) in [5.41, 5.74) is 5.91. The van der Waals surface area contributed by atoms with E-state index in [1.54, 1.807) is 0 Å². The Bertz CT molecular complexity index is 913. The number of hydrogen-bond donors (Lipinski definition) is 1. The molecule has 4 heterocycles. The Hall–Kier alpha value is -2.63. The number of carbonyl (C=O) groups excluding carboxylic acids is 1. The molecule has 0 spiro atoms. The Morgan fingerprint density at radius 1 is 1.31 bits per heavy atom. The summed E-state index contributed by atoms with van der Waals surface area (Å²) in [6.45, 7) is 8.31. The fraction of sp³-hybridized carbons (Fsp3) is 0.450. The van der Waals surface area contributed by atoms with Crippen molar-refractivity contribution in [2.75, 3.05) is 13.1 Å². The first-order valence-electron chi connectivity index (χ1n) is 9.35. The van der Waals surface area contributed by atoms with Gasteiger partial charge in [0.2, 0.25) is 0 Å². The lowest BCUT2D eigenvalue weighted by atomic mass is 9.93. The van der Waals surface area contributed by atoms with Crippen LogP contribution >= 0.6 is 0 Å². The van der Waals surface area contributed by atoms with Gasteiger partial charge in [0.15, 0.2) is 0 Å². The number of nitrogens with one attached hydrogen (secondary N) is 1. The molecule has 0 atom stereocenters. The van der Waals surface area contributed by atoms with Gasteiger partial charge in [0.25, 0.3) is 5.91 Å². The maximum atomic E-state index is 13.0. The lowest BCUT2D eigenvalue weighted by molar-refractivity contribution is 0.0710. The standard InChI is InChI=1S/C20H25N5O/c1-4-25-14(3)19(13(2)23-25)20(26)24-10-7-15(8-11-24)17-12-18-16(22-17)6-5-9-21-18/h5-6,9,12,15,22H,4,7-8,10-11H2,1-3H3. The van der Waals surface area contributed by atoms with Gasteiger partial charge in [0, 0.05) is 43.1 Å². The quantitative estimate of drug-likeness (QED) is 0.786. The number of hydrogen-bond acceptors (Lipinski definition) is 3. The molecule has 3 aromatic rings. The number of aromatic nitrogens is 4. The topological polar surface area (TPSA) is 66.8 Å². The number of pyridine rings is 1. The maximum absolute atomic E-state index is 13.0. The van der Waals surface area contributed by atoms with Gasteiger partial charge >= 0.3 is 0 Å².